The second-order valence-corrected chi connectivity index (χ2v) is 5.02. The molecule has 1 aromatic rings. The standard InChI is InChI=1S/C10H12BrN6P/c1-13-10-8(9(12)16-17-10)15-14-6-4-5(11)2-3-7(6)18/h2-4,14H,18H2,1H3,(H3,12,13,15,16,17). The number of amidine groups is 2. The van der Waals surface area contributed by atoms with Crippen molar-refractivity contribution in [3.8, 4) is 0 Å². The van der Waals surface area contributed by atoms with E-state index >= 15 is 0 Å². The highest BCUT2D eigenvalue weighted by Crippen LogP contribution is 2.16. The van der Waals surface area contributed by atoms with Gasteiger partial charge in [0.25, 0.3) is 0 Å². The summed E-state index contributed by atoms with van der Waals surface area (Å²) in [6, 6.07) is 5.83. The highest BCUT2D eigenvalue weighted by Gasteiger charge is 2.19. The number of hydrogen-bond acceptors (Lipinski definition) is 5. The molecule has 1 aromatic carbocycles. The Labute approximate surface area is 115 Å². The monoisotopic (exact) mass is 326 g/mol. The molecule has 0 bridgehead atoms. The first-order chi connectivity index (χ1) is 8.61. The Kier molecular flexibility index (Phi) is 3.93. The molecule has 1 unspecified atom stereocenters. The maximum absolute atomic E-state index is 5.70. The summed E-state index contributed by atoms with van der Waals surface area (Å²) in [5.74, 6) is 0.851. The van der Waals surface area contributed by atoms with Gasteiger partial charge in [0.15, 0.2) is 17.4 Å². The number of hydrazone groups is 2. The Morgan fingerprint density at radius 2 is 2.28 bits per heavy atom. The van der Waals surface area contributed by atoms with Gasteiger partial charge in [-0.3, -0.25) is 15.8 Å². The van der Waals surface area contributed by atoms with Gasteiger partial charge in [0.2, 0.25) is 0 Å². The molecular formula is C10H12BrN6P. The summed E-state index contributed by atoms with van der Waals surface area (Å²) in [6.45, 7) is 0. The Balaban J connectivity index is 2.25. The quantitative estimate of drug-likeness (QED) is 0.550. The van der Waals surface area contributed by atoms with Gasteiger partial charge in [-0.15, -0.1) is 9.24 Å². The maximum Gasteiger partial charge on any atom is 0.175 e. The van der Waals surface area contributed by atoms with Crippen LogP contribution in [0.4, 0.5) is 5.69 Å². The van der Waals surface area contributed by atoms with Gasteiger partial charge in [0.1, 0.15) is 0 Å². The van der Waals surface area contributed by atoms with Crippen LogP contribution in [0.25, 0.3) is 0 Å². The van der Waals surface area contributed by atoms with Crippen LogP contribution in [0.1, 0.15) is 0 Å². The summed E-state index contributed by atoms with van der Waals surface area (Å²) in [6.07, 6.45) is 0. The van der Waals surface area contributed by atoms with Gasteiger partial charge in [-0.25, -0.2) is 0 Å². The van der Waals surface area contributed by atoms with Crippen LogP contribution in [0.15, 0.2) is 37.9 Å². The number of halogens is 1. The summed E-state index contributed by atoms with van der Waals surface area (Å²) in [5.41, 5.74) is 12.7. The number of hydrogen-bond donors (Lipinski definition) is 3. The van der Waals surface area contributed by atoms with E-state index < -0.39 is 0 Å². The van der Waals surface area contributed by atoms with Crippen LogP contribution >= 0.6 is 25.2 Å². The molecule has 0 saturated heterocycles. The molecule has 0 saturated carbocycles. The van der Waals surface area contributed by atoms with E-state index in [1.165, 1.54) is 0 Å². The molecule has 0 amide bonds. The van der Waals surface area contributed by atoms with Gasteiger partial charge in [-0.05, 0) is 17.4 Å². The molecule has 1 atom stereocenters. The summed E-state index contributed by atoms with van der Waals surface area (Å²) in [5, 5.41) is 9.06. The van der Waals surface area contributed by atoms with Crippen molar-refractivity contribution in [2.45, 2.75) is 0 Å². The van der Waals surface area contributed by atoms with Crippen LogP contribution < -0.4 is 21.9 Å². The number of anilines is 1. The van der Waals surface area contributed by atoms with Gasteiger partial charge >= 0.3 is 0 Å². The summed E-state index contributed by atoms with van der Waals surface area (Å²) < 4.78 is 0.965. The fourth-order valence-electron chi connectivity index (χ4n) is 1.35. The van der Waals surface area contributed by atoms with E-state index in [1.54, 1.807) is 7.05 Å². The molecule has 4 N–H and O–H groups in total. The van der Waals surface area contributed by atoms with Crippen LogP contribution in [0, 0.1) is 0 Å². The second-order valence-electron chi connectivity index (χ2n) is 3.48. The van der Waals surface area contributed by atoms with E-state index in [0.29, 0.717) is 17.4 Å². The third-order valence-electron chi connectivity index (χ3n) is 2.28. The van der Waals surface area contributed by atoms with Crippen LogP contribution in [-0.2, 0) is 0 Å². The zero-order chi connectivity index (χ0) is 13.1. The van der Waals surface area contributed by atoms with Crippen LogP contribution in [0.2, 0.25) is 0 Å². The van der Waals surface area contributed by atoms with E-state index in [1.807, 2.05) is 18.2 Å². The summed E-state index contributed by atoms with van der Waals surface area (Å²) >= 11 is 3.40. The highest BCUT2D eigenvalue weighted by atomic mass is 79.9. The molecule has 94 valence electrons. The second kappa shape index (κ2) is 5.46. The molecule has 0 radical (unpaired) electrons. The third kappa shape index (κ3) is 2.68. The minimum Gasteiger partial charge on any atom is -0.380 e. The Morgan fingerprint density at radius 3 is 3.00 bits per heavy atom. The number of nitrogens with two attached hydrogens (primary N) is 1. The zero-order valence-corrected chi connectivity index (χ0v) is 12.3. The number of benzene rings is 1. The van der Waals surface area contributed by atoms with Crippen molar-refractivity contribution < 1.29 is 0 Å². The SMILES string of the molecule is C/N=C1/NN=C(N)/C1=N/Nc1cc(Br)ccc1P. The van der Waals surface area contributed by atoms with E-state index in [-0.39, 0.29) is 0 Å². The van der Waals surface area contributed by atoms with E-state index in [4.69, 9.17) is 5.73 Å². The van der Waals surface area contributed by atoms with Gasteiger partial charge in [0, 0.05) is 11.5 Å². The van der Waals surface area contributed by atoms with Crippen molar-refractivity contribution in [2.75, 3.05) is 12.5 Å². The van der Waals surface area contributed by atoms with Gasteiger partial charge in [0.05, 0.1) is 5.69 Å². The minimum absolute atomic E-state index is 0.309. The molecule has 0 spiro atoms. The molecule has 2 rings (SSSR count). The normalized spacial score (nSPS) is 18.9. The van der Waals surface area contributed by atoms with Gasteiger partial charge in [-0.2, -0.15) is 10.2 Å². The van der Waals surface area contributed by atoms with Crippen LogP contribution in [-0.4, -0.2) is 24.4 Å². The van der Waals surface area contributed by atoms with Crippen LogP contribution in [0.3, 0.4) is 0 Å². The van der Waals surface area contributed by atoms with Crippen molar-refractivity contribution in [1.29, 1.82) is 0 Å². The van der Waals surface area contributed by atoms with E-state index in [0.717, 1.165) is 15.5 Å². The van der Waals surface area contributed by atoms with Crippen LogP contribution in [0.5, 0.6) is 0 Å². The fourth-order valence-corrected chi connectivity index (χ4v) is 1.95. The molecular weight excluding hydrogens is 315 g/mol. The number of rotatable bonds is 2. The molecule has 1 heterocycles. The first kappa shape index (κ1) is 13.0. The molecule has 0 aliphatic carbocycles. The molecule has 0 fully saturated rings. The summed E-state index contributed by atoms with van der Waals surface area (Å²) in [4.78, 5) is 4.00. The largest absolute Gasteiger partial charge is 0.380 e. The maximum atomic E-state index is 5.70. The van der Waals surface area contributed by atoms with Crippen molar-refractivity contribution in [3.05, 3.63) is 22.7 Å². The Morgan fingerprint density at radius 1 is 1.50 bits per heavy atom. The van der Waals surface area contributed by atoms with Crippen molar-refractivity contribution >= 4 is 53.5 Å². The lowest BCUT2D eigenvalue weighted by molar-refractivity contribution is 1.05. The topological polar surface area (TPSA) is 87.2 Å². The Bertz CT molecular complexity index is 565. The molecule has 1 aliphatic rings. The minimum atomic E-state index is 0.309. The molecule has 0 aromatic heterocycles. The number of aliphatic imine (C=N–C) groups is 1. The van der Waals surface area contributed by atoms with E-state index in [9.17, 15) is 0 Å². The molecule has 18 heavy (non-hydrogen) atoms. The van der Waals surface area contributed by atoms with Gasteiger partial charge < -0.3 is 5.73 Å². The molecule has 6 nitrogen and oxygen atoms in total. The average molecular weight is 327 g/mol. The Hall–Kier alpha value is -1.46. The lowest BCUT2D eigenvalue weighted by Crippen LogP contribution is -2.29. The predicted octanol–water partition coefficient (Wildman–Crippen LogP) is 0.621. The molecule has 8 heteroatoms. The first-order valence-electron chi connectivity index (χ1n) is 5.07. The fraction of sp³-hybridized carbons (Fsp3) is 0.100. The average Bonchev–Trinajstić information content (AvgIpc) is 2.71. The van der Waals surface area contributed by atoms with E-state index in [2.05, 4.69) is 51.2 Å². The van der Waals surface area contributed by atoms with Crippen molar-refractivity contribution in [3.63, 3.8) is 0 Å². The predicted molar refractivity (Wildman–Crippen MR) is 82.7 cm³/mol. The highest BCUT2D eigenvalue weighted by molar-refractivity contribution is 9.10. The number of nitrogens with one attached hydrogen (secondary N) is 2. The smallest absolute Gasteiger partial charge is 0.175 e. The summed E-state index contributed by atoms with van der Waals surface area (Å²) in [7, 11) is 4.28. The first-order valence-corrected chi connectivity index (χ1v) is 6.44. The van der Waals surface area contributed by atoms with Crippen molar-refractivity contribution in [2.24, 2.45) is 20.9 Å². The van der Waals surface area contributed by atoms with Gasteiger partial charge in [-0.1, -0.05) is 22.0 Å². The lowest BCUT2D eigenvalue weighted by Gasteiger charge is -2.06. The number of nitrogens with zero attached hydrogens (tertiary/aromatic N) is 3. The third-order valence-corrected chi connectivity index (χ3v) is 3.27. The lowest BCUT2D eigenvalue weighted by atomic mass is 10.3. The van der Waals surface area contributed by atoms with Crippen molar-refractivity contribution in [1.82, 2.24) is 5.43 Å². The molecule has 1 aliphatic heterocycles. The zero-order valence-electron chi connectivity index (χ0n) is 9.61.